The molecule has 5 heteroatoms. The summed E-state index contributed by atoms with van der Waals surface area (Å²) < 4.78 is 15.0. The van der Waals surface area contributed by atoms with Crippen LogP contribution >= 0.6 is 0 Å². The molecule has 0 bridgehead atoms. The molecule has 0 unspecified atom stereocenters. The van der Waals surface area contributed by atoms with E-state index in [1.165, 1.54) is 12.1 Å². The number of hydrazine groups is 1. The van der Waals surface area contributed by atoms with Crippen molar-refractivity contribution in [2.45, 2.75) is 19.4 Å². The first-order chi connectivity index (χ1) is 8.20. The summed E-state index contributed by atoms with van der Waals surface area (Å²) in [5.41, 5.74) is 2.93. The SMILES string of the molecule is NNC(=O)CCCn1ccc2ccc(F)cc21. The maximum Gasteiger partial charge on any atom is 0.233 e. The fourth-order valence-electron chi connectivity index (χ4n) is 1.83. The highest BCUT2D eigenvalue weighted by Gasteiger charge is 2.03. The van der Waals surface area contributed by atoms with E-state index in [0.717, 1.165) is 10.9 Å². The predicted octanol–water partition coefficient (Wildman–Crippen LogP) is 1.55. The molecule has 1 aromatic heterocycles. The van der Waals surface area contributed by atoms with E-state index in [2.05, 4.69) is 5.43 Å². The second-order valence-corrected chi connectivity index (χ2v) is 3.88. The molecule has 0 atom stereocenters. The van der Waals surface area contributed by atoms with Crippen LogP contribution in [0.4, 0.5) is 4.39 Å². The number of halogens is 1. The Labute approximate surface area is 98.2 Å². The second kappa shape index (κ2) is 4.97. The number of aromatic nitrogens is 1. The fourth-order valence-corrected chi connectivity index (χ4v) is 1.83. The minimum atomic E-state index is -0.253. The van der Waals surface area contributed by atoms with E-state index < -0.39 is 0 Å². The van der Waals surface area contributed by atoms with Crippen molar-refractivity contribution in [3.63, 3.8) is 0 Å². The van der Waals surface area contributed by atoms with Gasteiger partial charge in [0.25, 0.3) is 0 Å². The topological polar surface area (TPSA) is 60.0 Å². The third kappa shape index (κ3) is 2.62. The van der Waals surface area contributed by atoms with Gasteiger partial charge in [-0.15, -0.1) is 0 Å². The van der Waals surface area contributed by atoms with E-state index in [9.17, 15) is 9.18 Å². The number of carbonyl (C=O) groups is 1. The lowest BCUT2D eigenvalue weighted by atomic mass is 10.2. The zero-order chi connectivity index (χ0) is 12.3. The van der Waals surface area contributed by atoms with Gasteiger partial charge in [-0.1, -0.05) is 0 Å². The van der Waals surface area contributed by atoms with Crippen molar-refractivity contribution in [3.05, 3.63) is 36.3 Å². The molecule has 0 aliphatic heterocycles. The van der Waals surface area contributed by atoms with Crippen molar-refractivity contribution in [1.29, 1.82) is 0 Å². The molecule has 0 aliphatic rings. The summed E-state index contributed by atoms with van der Waals surface area (Å²) in [6.07, 6.45) is 2.93. The number of aryl methyl sites for hydroxylation is 1. The van der Waals surface area contributed by atoms with Gasteiger partial charge in [0.15, 0.2) is 0 Å². The van der Waals surface area contributed by atoms with Crippen molar-refractivity contribution in [2.75, 3.05) is 0 Å². The van der Waals surface area contributed by atoms with Crippen LogP contribution < -0.4 is 11.3 Å². The third-order valence-electron chi connectivity index (χ3n) is 2.70. The largest absolute Gasteiger partial charge is 0.347 e. The standard InChI is InChI=1S/C12H14FN3O/c13-10-4-3-9-5-7-16(11(9)8-10)6-1-2-12(17)15-14/h3-5,7-8H,1-2,6,14H2,(H,15,17). The molecule has 0 spiro atoms. The van der Waals surface area contributed by atoms with Gasteiger partial charge < -0.3 is 4.57 Å². The molecular formula is C12H14FN3O. The number of hydrogen-bond donors (Lipinski definition) is 2. The van der Waals surface area contributed by atoms with Crippen molar-refractivity contribution < 1.29 is 9.18 Å². The maximum atomic E-state index is 13.1. The molecule has 1 heterocycles. The minimum absolute atomic E-state index is 0.187. The van der Waals surface area contributed by atoms with Gasteiger partial charge >= 0.3 is 0 Å². The summed E-state index contributed by atoms with van der Waals surface area (Å²) in [5, 5.41) is 0.995. The van der Waals surface area contributed by atoms with E-state index in [1.807, 2.05) is 16.8 Å². The molecule has 0 aliphatic carbocycles. The fraction of sp³-hybridized carbons (Fsp3) is 0.250. The average molecular weight is 235 g/mol. The number of fused-ring (bicyclic) bond motifs is 1. The van der Waals surface area contributed by atoms with Crippen LogP contribution in [0.3, 0.4) is 0 Å². The molecule has 0 radical (unpaired) electrons. The van der Waals surface area contributed by atoms with E-state index in [1.54, 1.807) is 6.07 Å². The summed E-state index contributed by atoms with van der Waals surface area (Å²) >= 11 is 0. The van der Waals surface area contributed by atoms with Gasteiger partial charge in [-0.25, -0.2) is 10.2 Å². The Kier molecular flexibility index (Phi) is 3.39. The molecule has 1 amide bonds. The summed E-state index contributed by atoms with van der Waals surface area (Å²) in [5.74, 6) is 4.55. The Bertz CT molecular complexity index is 536. The molecule has 1 aromatic carbocycles. The molecule has 2 aromatic rings. The van der Waals surface area contributed by atoms with E-state index >= 15 is 0 Å². The summed E-state index contributed by atoms with van der Waals surface area (Å²) in [6.45, 7) is 0.667. The van der Waals surface area contributed by atoms with Gasteiger partial charge in [-0.3, -0.25) is 10.2 Å². The van der Waals surface area contributed by atoms with Crippen LogP contribution in [0.15, 0.2) is 30.5 Å². The number of carbonyl (C=O) groups excluding carboxylic acids is 1. The second-order valence-electron chi connectivity index (χ2n) is 3.88. The number of hydrogen-bond acceptors (Lipinski definition) is 2. The molecule has 90 valence electrons. The number of nitrogens with two attached hydrogens (primary N) is 1. The molecule has 0 saturated heterocycles. The van der Waals surface area contributed by atoms with Gasteiger partial charge in [0.05, 0.1) is 5.52 Å². The van der Waals surface area contributed by atoms with Crippen LogP contribution in [0, 0.1) is 5.82 Å². The smallest absolute Gasteiger partial charge is 0.233 e. The van der Waals surface area contributed by atoms with Gasteiger partial charge in [0.1, 0.15) is 5.82 Å². The number of rotatable bonds is 4. The van der Waals surface area contributed by atoms with E-state index in [-0.39, 0.29) is 11.7 Å². The van der Waals surface area contributed by atoms with Gasteiger partial charge in [0.2, 0.25) is 5.91 Å². The number of nitrogens with one attached hydrogen (secondary N) is 1. The quantitative estimate of drug-likeness (QED) is 0.480. The van der Waals surface area contributed by atoms with E-state index in [0.29, 0.717) is 19.4 Å². The average Bonchev–Trinajstić information content (AvgIpc) is 2.72. The van der Waals surface area contributed by atoms with E-state index in [4.69, 9.17) is 5.84 Å². The number of nitrogens with zero attached hydrogens (tertiary/aromatic N) is 1. The first kappa shape index (κ1) is 11.6. The number of amides is 1. The van der Waals surface area contributed by atoms with Crippen molar-refractivity contribution in [1.82, 2.24) is 9.99 Å². The molecule has 0 saturated carbocycles. The molecule has 3 N–H and O–H groups in total. The Morgan fingerprint density at radius 1 is 1.41 bits per heavy atom. The molecule has 4 nitrogen and oxygen atoms in total. The monoisotopic (exact) mass is 235 g/mol. The highest BCUT2D eigenvalue weighted by atomic mass is 19.1. The van der Waals surface area contributed by atoms with Crippen molar-refractivity contribution in [2.24, 2.45) is 5.84 Å². The zero-order valence-corrected chi connectivity index (χ0v) is 9.32. The Hall–Kier alpha value is -1.88. The highest BCUT2D eigenvalue weighted by Crippen LogP contribution is 2.17. The van der Waals surface area contributed by atoms with Crippen LogP contribution in [0.1, 0.15) is 12.8 Å². The summed E-state index contributed by atoms with van der Waals surface area (Å²) in [6, 6.07) is 6.61. The number of benzene rings is 1. The third-order valence-corrected chi connectivity index (χ3v) is 2.70. The first-order valence-electron chi connectivity index (χ1n) is 5.44. The highest BCUT2D eigenvalue weighted by molar-refractivity contribution is 5.80. The first-order valence-corrected chi connectivity index (χ1v) is 5.44. The summed E-state index contributed by atoms with van der Waals surface area (Å²) in [7, 11) is 0. The molecule has 0 fully saturated rings. The maximum absolute atomic E-state index is 13.1. The van der Waals surface area contributed by atoms with Crippen LogP contribution in [-0.4, -0.2) is 10.5 Å². The van der Waals surface area contributed by atoms with Gasteiger partial charge in [-0.2, -0.15) is 0 Å². The van der Waals surface area contributed by atoms with Gasteiger partial charge in [0, 0.05) is 19.2 Å². The lowest BCUT2D eigenvalue weighted by Crippen LogP contribution is -2.29. The zero-order valence-electron chi connectivity index (χ0n) is 9.32. The summed E-state index contributed by atoms with van der Waals surface area (Å²) in [4.78, 5) is 11.0. The molecule has 2 rings (SSSR count). The molecule has 17 heavy (non-hydrogen) atoms. The molecular weight excluding hydrogens is 221 g/mol. The Balaban J connectivity index is 2.08. The van der Waals surface area contributed by atoms with Crippen LogP contribution in [0.2, 0.25) is 0 Å². The Morgan fingerprint density at radius 3 is 3.00 bits per heavy atom. The normalized spacial score (nSPS) is 10.7. The Morgan fingerprint density at radius 2 is 2.24 bits per heavy atom. The minimum Gasteiger partial charge on any atom is -0.347 e. The lowest BCUT2D eigenvalue weighted by Gasteiger charge is -2.05. The lowest BCUT2D eigenvalue weighted by molar-refractivity contribution is -0.121. The van der Waals surface area contributed by atoms with Gasteiger partial charge in [-0.05, 0) is 36.1 Å². The predicted molar refractivity (Wildman–Crippen MR) is 63.5 cm³/mol. The van der Waals surface area contributed by atoms with Crippen LogP contribution in [-0.2, 0) is 11.3 Å². The van der Waals surface area contributed by atoms with Crippen LogP contribution in [0.25, 0.3) is 10.9 Å². The van der Waals surface area contributed by atoms with Crippen LogP contribution in [0.5, 0.6) is 0 Å². The van der Waals surface area contributed by atoms with Crippen molar-refractivity contribution in [3.8, 4) is 0 Å². The van der Waals surface area contributed by atoms with Crippen molar-refractivity contribution >= 4 is 16.8 Å².